The fraction of sp³-hybridized carbons (Fsp3) is 0.294. The van der Waals surface area contributed by atoms with E-state index in [2.05, 4.69) is 4.90 Å². The summed E-state index contributed by atoms with van der Waals surface area (Å²) in [4.78, 5) is 28.7. The number of anilines is 1. The second kappa shape index (κ2) is 4.58. The van der Waals surface area contributed by atoms with Gasteiger partial charge in [0.15, 0.2) is 0 Å². The van der Waals surface area contributed by atoms with Crippen LogP contribution in [0.25, 0.3) is 0 Å². The highest BCUT2D eigenvalue weighted by atomic mass is 16.2. The van der Waals surface area contributed by atoms with E-state index >= 15 is 0 Å². The number of Topliss-reactive ketones (excluding diaryl/α,β-unsaturated/α-hetero) is 1. The van der Waals surface area contributed by atoms with Gasteiger partial charge in [-0.05, 0) is 37.5 Å². The molecular weight excluding hydrogens is 264 g/mol. The molecule has 3 aliphatic rings. The highest BCUT2D eigenvalue weighted by Crippen LogP contribution is 2.39. The molecule has 0 aromatic heterocycles. The number of hydrogen-bond acceptors (Lipinski definition) is 3. The smallest absolute Gasteiger partial charge is 0.264 e. The zero-order chi connectivity index (χ0) is 14.4. The van der Waals surface area contributed by atoms with Crippen LogP contribution in [0.5, 0.6) is 0 Å². The van der Waals surface area contributed by atoms with E-state index in [1.807, 2.05) is 24.4 Å². The fourth-order valence-electron chi connectivity index (χ4n) is 3.25. The van der Waals surface area contributed by atoms with Gasteiger partial charge in [0, 0.05) is 24.9 Å². The van der Waals surface area contributed by atoms with E-state index in [1.165, 1.54) is 19.3 Å². The average molecular weight is 280 g/mol. The maximum atomic E-state index is 12.6. The lowest BCUT2D eigenvalue weighted by atomic mass is 10.1. The topological polar surface area (TPSA) is 40.6 Å². The van der Waals surface area contributed by atoms with Crippen molar-refractivity contribution in [3.8, 4) is 0 Å². The van der Waals surface area contributed by atoms with Crippen LogP contribution in [0.4, 0.5) is 5.69 Å². The maximum Gasteiger partial charge on any atom is 0.264 e. The zero-order valence-electron chi connectivity index (χ0n) is 11.7. The summed E-state index contributed by atoms with van der Waals surface area (Å²) in [5.41, 5.74) is 2.44. The van der Waals surface area contributed by atoms with Gasteiger partial charge in [-0.1, -0.05) is 12.1 Å². The first kappa shape index (κ1) is 12.4. The number of piperidine rings is 1. The third-order valence-electron chi connectivity index (χ3n) is 4.32. The summed E-state index contributed by atoms with van der Waals surface area (Å²) in [7, 11) is 0. The molecule has 3 aliphatic heterocycles. The Hall–Kier alpha value is -2.36. The fourth-order valence-corrected chi connectivity index (χ4v) is 3.25. The van der Waals surface area contributed by atoms with Gasteiger partial charge < -0.3 is 4.90 Å². The predicted molar refractivity (Wildman–Crippen MR) is 79.8 cm³/mol. The van der Waals surface area contributed by atoms with Gasteiger partial charge in [-0.3, -0.25) is 14.5 Å². The lowest BCUT2D eigenvalue weighted by Crippen LogP contribution is -2.27. The van der Waals surface area contributed by atoms with Crippen molar-refractivity contribution in [2.75, 3.05) is 18.0 Å². The van der Waals surface area contributed by atoms with Crippen LogP contribution < -0.4 is 4.90 Å². The Morgan fingerprint density at radius 2 is 1.76 bits per heavy atom. The minimum Gasteiger partial charge on any atom is -0.377 e. The largest absolute Gasteiger partial charge is 0.377 e. The Morgan fingerprint density at radius 3 is 2.57 bits per heavy atom. The van der Waals surface area contributed by atoms with Crippen LogP contribution in [0.3, 0.4) is 0 Å². The Balaban J connectivity index is 1.70. The quantitative estimate of drug-likeness (QED) is 0.742. The first-order chi connectivity index (χ1) is 10.3. The van der Waals surface area contributed by atoms with Crippen LogP contribution in [-0.4, -0.2) is 29.7 Å². The molecule has 3 heterocycles. The van der Waals surface area contributed by atoms with Crippen LogP contribution in [0.15, 0.2) is 47.8 Å². The average Bonchev–Trinajstić information content (AvgIpc) is 2.98. The highest BCUT2D eigenvalue weighted by molar-refractivity contribution is 6.31. The third-order valence-corrected chi connectivity index (χ3v) is 4.32. The molecule has 1 saturated heterocycles. The summed E-state index contributed by atoms with van der Waals surface area (Å²) in [5.74, 6) is -0.144. The third kappa shape index (κ3) is 1.82. The van der Waals surface area contributed by atoms with E-state index in [0.29, 0.717) is 22.5 Å². The Morgan fingerprint density at radius 1 is 1.00 bits per heavy atom. The van der Waals surface area contributed by atoms with Gasteiger partial charge in [-0.25, -0.2) is 0 Å². The van der Waals surface area contributed by atoms with Crippen molar-refractivity contribution in [2.24, 2.45) is 0 Å². The number of carbonyl (C=O) groups is 2. The standard InChI is InChI=1S/C17H16N2O2/c20-16-13-6-2-3-7-14(13)19-15(16)10-12(17(19)21)11-18-8-4-1-5-9-18/h2-3,6-7,10-11H,1,4-5,8-9H2/b12-11-. The van der Waals surface area contributed by atoms with Crippen molar-refractivity contribution in [2.45, 2.75) is 19.3 Å². The van der Waals surface area contributed by atoms with E-state index in [1.54, 1.807) is 17.0 Å². The second-order valence-corrected chi connectivity index (χ2v) is 5.70. The van der Waals surface area contributed by atoms with Gasteiger partial charge in [-0.15, -0.1) is 0 Å². The number of fused-ring (bicyclic) bond motifs is 3. The molecule has 0 spiro atoms. The number of para-hydroxylation sites is 1. The van der Waals surface area contributed by atoms with Crippen LogP contribution >= 0.6 is 0 Å². The molecule has 1 aromatic rings. The number of carbonyl (C=O) groups excluding carboxylic acids is 2. The first-order valence-electron chi connectivity index (χ1n) is 7.41. The Labute approximate surface area is 123 Å². The van der Waals surface area contributed by atoms with Gasteiger partial charge in [0.05, 0.1) is 17.0 Å². The number of amides is 1. The number of rotatable bonds is 1. The van der Waals surface area contributed by atoms with Crippen LogP contribution in [-0.2, 0) is 4.79 Å². The lowest BCUT2D eigenvalue weighted by molar-refractivity contribution is -0.114. The molecule has 21 heavy (non-hydrogen) atoms. The molecular formula is C17H16N2O2. The summed E-state index contributed by atoms with van der Waals surface area (Å²) >= 11 is 0. The number of hydrogen-bond donors (Lipinski definition) is 0. The minimum atomic E-state index is -0.0890. The second-order valence-electron chi connectivity index (χ2n) is 5.70. The van der Waals surface area contributed by atoms with Gasteiger partial charge in [0.2, 0.25) is 5.78 Å². The van der Waals surface area contributed by atoms with E-state index in [-0.39, 0.29) is 11.7 Å². The monoisotopic (exact) mass is 280 g/mol. The molecule has 0 atom stereocenters. The maximum absolute atomic E-state index is 12.6. The first-order valence-corrected chi connectivity index (χ1v) is 7.41. The van der Waals surface area contributed by atoms with Crippen molar-refractivity contribution in [3.05, 3.63) is 53.4 Å². The lowest BCUT2D eigenvalue weighted by Gasteiger charge is -2.25. The van der Waals surface area contributed by atoms with Gasteiger partial charge in [0.1, 0.15) is 0 Å². The minimum absolute atomic E-state index is 0.0546. The summed E-state index contributed by atoms with van der Waals surface area (Å²) in [6, 6.07) is 7.29. The number of benzene rings is 1. The molecule has 1 fully saturated rings. The molecule has 0 saturated carbocycles. The molecule has 1 amide bonds. The number of ketones is 1. The zero-order valence-corrected chi connectivity index (χ0v) is 11.7. The molecule has 1 aromatic carbocycles. The Bertz CT molecular complexity index is 696. The van der Waals surface area contributed by atoms with Crippen LogP contribution in [0, 0.1) is 0 Å². The highest BCUT2D eigenvalue weighted by Gasteiger charge is 2.41. The van der Waals surface area contributed by atoms with Crippen molar-refractivity contribution in [3.63, 3.8) is 0 Å². The van der Waals surface area contributed by atoms with Crippen molar-refractivity contribution < 1.29 is 9.59 Å². The molecule has 0 radical (unpaired) electrons. The summed E-state index contributed by atoms with van der Waals surface area (Å²) in [6.45, 7) is 1.98. The molecule has 4 heteroatoms. The molecule has 4 rings (SSSR count). The molecule has 4 nitrogen and oxygen atoms in total. The van der Waals surface area contributed by atoms with E-state index in [9.17, 15) is 9.59 Å². The summed E-state index contributed by atoms with van der Waals surface area (Å²) in [6.07, 6.45) is 7.24. The van der Waals surface area contributed by atoms with Crippen molar-refractivity contribution in [1.29, 1.82) is 0 Å². The van der Waals surface area contributed by atoms with Gasteiger partial charge in [0.25, 0.3) is 5.91 Å². The van der Waals surface area contributed by atoms with E-state index in [4.69, 9.17) is 0 Å². The number of nitrogens with zero attached hydrogens (tertiary/aromatic N) is 2. The van der Waals surface area contributed by atoms with Gasteiger partial charge in [-0.2, -0.15) is 0 Å². The Kier molecular flexibility index (Phi) is 2.70. The van der Waals surface area contributed by atoms with Crippen LogP contribution in [0.2, 0.25) is 0 Å². The SMILES string of the molecule is O=C1C2=C/C(=C/N3CCCCC3)C(=O)N2c2ccccc21. The van der Waals surface area contributed by atoms with Crippen molar-refractivity contribution in [1.82, 2.24) is 4.90 Å². The number of likely N-dealkylation sites (tertiary alicyclic amines) is 1. The molecule has 0 bridgehead atoms. The predicted octanol–water partition coefficient (Wildman–Crippen LogP) is 2.48. The summed E-state index contributed by atoms with van der Waals surface area (Å²) < 4.78 is 0. The molecule has 0 unspecified atom stereocenters. The van der Waals surface area contributed by atoms with Crippen LogP contribution in [0.1, 0.15) is 29.6 Å². The summed E-state index contributed by atoms with van der Waals surface area (Å²) in [5, 5.41) is 0. The van der Waals surface area contributed by atoms with E-state index in [0.717, 1.165) is 13.1 Å². The van der Waals surface area contributed by atoms with E-state index < -0.39 is 0 Å². The normalized spacial score (nSPS) is 22.7. The number of allylic oxidation sites excluding steroid dienone is 1. The molecule has 0 aliphatic carbocycles. The van der Waals surface area contributed by atoms with Crippen molar-refractivity contribution >= 4 is 17.4 Å². The van der Waals surface area contributed by atoms with Gasteiger partial charge >= 0.3 is 0 Å². The molecule has 0 N–H and O–H groups in total. The molecule has 106 valence electrons.